The van der Waals surface area contributed by atoms with E-state index in [9.17, 15) is 9.59 Å². The van der Waals surface area contributed by atoms with Gasteiger partial charge >= 0.3 is 0 Å². The normalized spacial score (nSPS) is 17.3. The van der Waals surface area contributed by atoms with E-state index < -0.39 is 6.04 Å². The van der Waals surface area contributed by atoms with E-state index in [0.717, 1.165) is 5.56 Å². The van der Waals surface area contributed by atoms with Crippen molar-refractivity contribution in [3.8, 4) is 11.3 Å². The Morgan fingerprint density at radius 1 is 1.33 bits per heavy atom. The molecule has 1 aromatic carbocycles. The number of hydrogen-bond donors (Lipinski definition) is 1. The van der Waals surface area contributed by atoms with E-state index in [2.05, 4.69) is 16.9 Å². The van der Waals surface area contributed by atoms with Crippen LogP contribution in [0.25, 0.3) is 11.3 Å². The van der Waals surface area contributed by atoms with Crippen LogP contribution in [0.15, 0.2) is 53.9 Å². The van der Waals surface area contributed by atoms with Crippen molar-refractivity contribution in [1.82, 2.24) is 9.88 Å². The Labute approximate surface area is 138 Å². The monoisotopic (exact) mass is 327 g/mol. The Kier molecular flexibility index (Phi) is 4.72. The van der Waals surface area contributed by atoms with E-state index in [4.69, 9.17) is 9.15 Å². The maximum atomic E-state index is 12.5. The molecular formula is C17H17N3O4. The minimum absolute atomic E-state index is 0.168. The molecule has 0 spiro atoms. The molecule has 1 fully saturated rings. The Hall–Kier alpha value is -2.93. The quantitative estimate of drug-likeness (QED) is 0.864. The fourth-order valence-corrected chi connectivity index (χ4v) is 2.50. The summed E-state index contributed by atoms with van der Waals surface area (Å²) < 4.78 is 10.5. The van der Waals surface area contributed by atoms with Crippen LogP contribution in [0.3, 0.4) is 0 Å². The molecule has 0 saturated carbocycles. The summed E-state index contributed by atoms with van der Waals surface area (Å²) in [5.41, 5.74) is 1.48. The van der Waals surface area contributed by atoms with Gasteiger partial charge in [-0.3, -0.25) is 9.59 Å². The fraction of sp³-hybridized carbons (Fsp3) is 0.235. The molecule has 2 heterocycles. The molecular weight excluding hydrogens is 310 g/mol. The number of oxazole rings is 1. The second kappa shape index (κ2) is 7.10. The Bertz CT molecular complexity index is 725. The van der Waals surface area contributed by atoms with Gasteiger partial charge < -0.3 is 19.4 Å². The molecule has 0 bridgehead atoms. The minimum atomic E-state index is -0.668. The van der Waals surface area contributed by atoms with Crippen LogP contribution in [-0.2, 0) is 14.3 Å². The Morgan fingerprint density at radius 3 is 2.79 bits per heavy atom. The number of carbonyl (C=O) groups excluding carboxylic acids is 2. The number of anilines is 1. The third kappa shape index (κ3) is 3.36. The molecule has 1 aromatic heterocycles. The summed E-state index contributed by atoms with van der Waals surface area (Å²) in [4.78, 5) is 29.7. The first kappa shape index (κ1) is 15.9. The van der Waals surface area contributed by atoms with Gasteiger partial charge in [0.15, 0.2) is 12.2 Å². The number of aromatic nitrogens is 1. The van der Waals surface area contributed by atoms with Crippen LogP contribution < -0.4 is 5.32 Å². The fourth-order valence-electron chi connectivity index (χ4n) is 2.50. The Balaban J connectivity index is 1.69. The predicted molar refractivity (Wildman–Crippen MR) is 87.1 cm³/mol. The molecule has 1 saturated heterocycles. The van der Waals surface area contributed by atoms with E-state index in [1.165, 1.54) is 17.4 Å². The van der Waals surface area contributed by atoms with Gasteiger partial charge in [0.1, 0.15) is 6.04 Å². The summed E-state index contributed by atoms with van der Waals surface area (Å²) in [6, 6.07) is 6.50. The molecule has 1 aliphatic heterocycles. The van der Waals surface area contributed by atoms with Crippen LogP contribution in [0, 0.1) is 0 Å². The molecule has 1 N–H and O–H groups in total. The van der Waals surface area contributed by atoms with Crippen molar-refractivity contribution in [2.24, 2.45) is 0 Å². The van der Waals surface area contributed by atoms with Gasteiger partial charge in [-0.15, -0.1) is 0 Å². The summed E-state index contributed by atoms with van der Waals surface area (Å²) in [5.74, 6) is 0.0766. The van der Waals surface area contributed by atoms with Crippen molar-refractivity contribution in [2.75, 3.05) is 25.1 Å². The summed E-state index contributed by atoms with van der Waals surface area (Å²) in [5, 5.41) is 2.80. The van der Waals surface area contributed by atoms with Crippen LogP contribution >= 0.6 is 0 Å². The largest absolute Gasteiger partial charge is 0.444 e. The zero-order chi connectivity index (χ0) is 16.9. The lowest BCUT2D eigenvalue weighted by Gasteiger charge is -2.33. The maximum absolute atomic E-state index is 12.5. The molecule has 24 heavy (non-hydrogen) atoms. The molecule has 1 aliphatic rings. The van der Waals surface area contributed by atoms with E-state index in [1.807, 2.05) is 12.1 Å². The SMILES string of the molecule is C=CC(=O)N1CCOCC1C(=O)Nc1ccc(-c2cnco2)cc1. The highest BCUT2D eigenvalue weighted by Gasteiger charge is 2.31. The molecule has 0 radical (unpaired) electrons. The van der Waals surface area contributed by atoms with Gasteiger partial charge in [-0.2, -0.15) is 0 Å². The Morgan fingerprint density at radius 2 is 2.12 bits per heavy atom. The number of carbonyl (C=O) groups is 2. The van der Waals surface area contributed by atoms with Gasteiger partial charge in [0.05, 0.1) is 19.4 Å². The molecule has 124 valence electrons. The second-order valence-electron chi connectivity index (χ2n) is 5.26. The zero-order valence-corrected chi connectivity index (χ0v) is 13.0. The topological polar surface area (TPSA) is 84.7 Å². The number of rotatable bonds is 4. The maximum Gasteiger partial charge on any atom is 0.249 e. The molecule has 7 heteroatoms. The standard InChI is InChI=1S/C17H17N3O4/c1-2-16(21)20-7-8-23-10-14(20)17(22)19-13-5-3-12(4-6-13)15-9-18-11-24-15/h2-6,9,11,14H,1,7-8,10H2,(H,19,22). The first-order valence-corrected chi connectivity index (χ1v) is 7.49. The number of nitrogens with one attached hydrogen (secondary N) is 1. The molecule has 1 atom stereocenters. The lowest BCUT2D eigenvalue weighted by atomic mass is 10.1. The molecule has 2 amide bonds. The van der Waals surface area contributed by atoms with Crippen molar-refractivity contribution in [1.29, 1.82) is 0 Å². The van der Waals surface area contributed by atoms with Crippen LogP contribution in [-0.4, -0.2) is 47.5 Å². The third-order valence-electron chi connectivity index (χ3n) is 3.76. The van der Waals surface area contributed by atoms with Crippen LogP contribution in [0.4, 0.5) is 5.69 Å². The summed E-state index contributed by atoms with van der Waals surface area (Å²) >= 11 is 0. The van der Waals surface area contributed by atoms with Gasteiger partial charge in [-0.1, -0.05) is 6.58 Å². The number of hydrogen-bond acceptors (Lipinski definition) is 5. The first-order chi connectivity index (χ1) is 11.7. The van der Waals surface area contributed by atoms with E-state index in [0.29, 0.717) is 24.6 Å². The number of ether oxygens (including phenoxy) is 1. The average molecular weight is 327 g/mol. The predicted octanol–water partition coefficient (Wildman–Crippen LogP) is 1.69. The van der Waals surface area contributed by atoms with Gasteiger partial charge in [-0.05, 0) is 30.3 Å². The van der Waals surface area contributed by atoms with Gasteiger partial charge in [0, 0.05) is 17.8 Å². The van der Waals surface area contributed by atoms with Gasteiger partial charge in [0.2, 0.25) is 11.8 Å². The average Bonchev–Trinajstić information content (AvgIpc) is 3.16. The number of amides is 2. The molecule has 1 unspecified atom stereocenters. The number of benzene rings is 1. The summed E-state index contributed by atoms with van der Waals surface area (Å²) in [7, 11) is 0. The van der Waals surface area contributed by atoms with Crippen LogP contribution in [0.2, 0.25) is 0 Å². The second-order valence-corrected chi connectivity index (χ2v) is 5.26. The lowest BCUT2D eigenvalue weighted by Crippen LogP contribution is -2.53. The van der Waals surface area contributed by atoms with Crippen molar-refractivity contribution in [3.63, 3.8) is 0 Å². The molecule has 2 aromatic rings. The molecule has 3 rings (SSSR count). The first-order valence-electron chi connectivity index (χ1n) is 7.49. The summed E-state index contributed by atoms with van der Waals surface area (Å²) in [6.07, 6.45) is 4.18. The van der Waals surface area contributed by atoms with Crippen molar-refractivity contribution in [3.05, 3.63) is 49.5 Å². The number of morpholine rings is 1. The van der Waals surface area contributed by atoms with Gasteiger partial charge in [-0.25, -0.2) is 4.98 Å². The summed E-state index contributed by atoms with van der Waals surface area (Å²) in [6.45, 7) is 4.42. The third-order valence-corrected chi connectivity index (χ3v) is 3.76. The highest BCUT2D eigenvalue weighted by atomic mass is 16.5. The highest BCUT2D eigenvalue weighted by Crippen LogP contribution is 2.21. The highest BCUT2D eigenvalue weighted by molar-refractivity contribution is 5.99. The molecule has 7 nitrogen and oxygen atoms in total. The van der Waals surface area contributed by atoms with E-state index in [1.54, 1.807) is 18.3 Å². The van der Waals surface area contributed by atoms with Gasteiger partial charge in [0.25, 0.3) is 0 Å². The van der Waals surface area contributed by atoms with E-state index in [-0.39, 0.29) is 18.4 Å². The van der Waals surface area contributed by atoms with E-state index >= 15 is 0 Å². The number of nitrogens with zero attached hydrogens (tertiary/aromatic N) is 2. The van der Waals surface area contributed by atoms with Crippen molar-refractivity contribution in [2.45, 2.75) is 6.04 Å². The molecule has 0 aliphatic carbocycles. The van der Waals surface area contributed by atoms with Crippen molar-refractivity contribution >= 4 is 17.5 Å². The lowest BCUT2D eigenvalue weighted by molar-refractivity contribution is -0.142. The van der Waals surface area contributed by atoms with Crippen molar-refractivity contribution < 1.29 is 18.7 Å². The van der Waals surface area contributed by atoms with Crippen LogP contribution in [0.1, 0.15) is 0 Å². The van der Waals surface area contributed by atoms with Crippen LogP contribution in [0.5, 0.6) is 0 Å². The smallest absolute Gasteiger partial charge is 0.249 e. The minimum Gasteiger partial charge on any atom is -0.444 e. The zero-order valence-electron chi connectivity index (χ0n) is 13.0.